The highest BCUT2D eigenvalue weighted by molar-refractivity contribution is 5.57. The summed E-state index contributed by atoms with van der Waals surface area (Å²) >= 11 is 0. The molecule has 2 rings (SSSR count). The van der Waals surface area contributed by atoms with Gasteiger partial charge in [-0.05, 0) is 12.1 Å². The van der Waals surface area contributed by atoms with E-state index in [0.717, 1.165) is 6.07 Å². The molecule has 0 radical (unpaired) electrons. The van der Waals surface area contributed by atoms with Crippen molar-refractivity contribution in [3.63, 3.8) is 0 Å². The molecule has 0 spiro atoms. The van der Waals surface area contributed by atoms with E-state index in [1.807, 2.05) is 6.07 Å². The van der Waals surface area contributed by atoms with E-state index in [-0.39, 0.29) is 12.1 Å². The van der Waals surface area contributed by atoms with Crippen LogP contribution < -0.4 is 5.32 Å². The number of halogens is 2. The van der Waals surface area contributed by atoms with Crippen molar-refractivity contribution in [3.8, 4) is 6.07 Å². The summed E-state index contributed by atoms with van der Waals surface area (Å²) in [6.07, 6.45) is 0. The van der Waals surface area contributed by atoms with Gasteiger partial charge in [0.05, 0.1) is 16.2 Å². The fraction of sp³-hybridized carbons (Fsp3) is 0.0714. The van der Waals surface area contributed by atoms with Crippen molar-refractivity contribution in [2.45, 2.75) is 6.54 Å². The van der Waals surface area contributed by atoms with E-state index in [4.69, 9.17) is 5.26 Å². The van der Waals surface area contributed by atoms with E-state index < -0.39 is 22.2 Å². The van der Waals surface area contributed by atoms with Gasteiger partial charge in [0.1, 0.15) is 11.9 Å². The Morgan fingerprint density at radius 2 is 1.95 bits per heavy atom. The fourth-order valence-corrected chi connectivity index (χ4v) is 1.78. The first kappa shape index (κ1) is 14.4. The van der Waals surface area contributed by atoms with Crippen molar-refractivity contribution in [2.75, 3.05) is 5.32 Å². The molecule has 0 heterocycles. The maximum atomic E-state index is 13.6. The lowest BCUT2D eigenvalue weighted by Gasteiger charge is -2.09. The maximum Gasteiger partial charge on any atom is 0.305 e. The van der Waals surface area contributed by atoms with Gasteiger partial charge >= 0.3 is 5.69 Å². The molecule has 0 aromatic heterocycles. The van der Waals surface area contributed by atoms with Crippen LogP contribution in [0.4, 0.5) is 20.2 Å². The predicted molar refractivity (Wildman–Crippen MR) is 71.5 cm³/mol. The first-order valence-corrected chi connectivity index (χ1v) is 5.88. The quantitative estimate of drug-likeness (QED) is 0.691. The molecule has 0 aliphatic rings. The molecular weight excluding hydrogens is 280 g/mol. The summed E-state index contributed by atoms with van der Waals surface area (Å²) < 4.78 is 26.8. The van der Waals surface area contributed by atoms with Gasteiger partial charge in [-0.15, -0.1) is 0 Å². The van der Waals surface area contributed by atoms with E-state index in [0.29, 0.717) is 17.3 Å². The van der Waals surface area contributed by atoms with Crippen molar-refractivity contribution in [1.29, 1.82) is 5.26 Å². The number of rotatable bonds is 4. The van der Waals surface area contributed by atoms with E-state index in [1.165, 1.54) is 0 Å². The number of para-hydroxylation sites is 1. The van der Waals surface area contributed by atoms with Crippen molar-refractivity contribution >= 4 is 11.4 Å². The number of nitrogens with zero attached hydrogens (tertiary/aromatic N) is 2. The number of hydrogen-bond donors (Lipinski definition) is 1. The number of nitro groups is 1. The Labute approximate surface area is 118 Å². The molecule has 2 aromatic rings. The van der Waals surface area contributed by atoms with Crippen molar-refractivity contribution in [3.05, 3.63) is 69.3 Å². The molecule has 106 valence electrons. The molecular formula is C14H9F2N3O2. The molecule has 0 amide bonds. The number of benzene rings is 2. The lowest BCUT2D eigenvalue weighted by atomic mass is 10.1. The summed E-state index contributed by atoms with van der Waals surface area (Å²) in [6.45, 7) is -0.106. The average molecular weight is 289 g/mol. The molecule has 2 aromatic carbocycles. The third-order valence-electron chi connectivity index (χ3n) is 2.83. The fourth-order valence-electron chi connectivity index (χ4n) is 1.78. The van der Waals surface area contributed by atoms with E-state index in [2.05, 4.69) is 5.32 Å². The van der Waals surface area contributed by atoms with Crippen LogP contribution in [0.1, 0.15) is 11.1 Å². The molecule has 1 N–H and O–H groups in total. The van der Waals surface area contributed by atoms with E-state index in [1.54, 1.807) is 24.3 Å². The van der Waals surface area contributed by atoms with Crippen LogP contribution in [0, 0.1) is 33.1 Å². The summed E-state index contributed by atoms with van der Waals surface area (Å²) in [5.41, 5.74) is -0.0292. The van der Waals surface area contributed by atoms with Gasteiger partial charge in [-0.2, -0.15) is 9.65 Å². The van der Waals surface area contributed by atoms with E-state index in [9.17, 15) is 18.9 Å². The molecule has 21 heavy (non-hydrogen) atoms. The number of hydrogen-bond acceptors (Lipinski definition) is 4. The van der Waals surface area contributed by atoms with Gasteiger partial charge in [0.25, 0.3) is 0 Å². The van der Waals surface area contributed by atoms with Gasteiger partial charge in [-0.25, -0.2) is 4.39 Å². The number of nitro benzene ring substituents is 1. The van der Waals surface area contributed by atoms with Crippen LogP contribution >= 0.6 is 0 Å². The zero-order valence-corrected chi connectivity index (χ0v) is 10.6. The minimum absolute atomic E-state index is 0.0594. The summed E-state index contributed by atoms with van der Waals surface area (Å²) in [7, 11) is 0. The van der Waals surface area contributed by atoms with E-state index >= 15 is 0 Å². The second-order valence-corrected chi connectivity index (χ2v) is 4.16. The van der Waals surface area contributed by atoms with Gasteiger partial charge < -0.3 is 5.32 Å². The third-order valence-corrected chi connectivity index (χ3v) is 2.83. The molecule has 0 saturated carbocycles. The number of nitriles is 1. The summed E-state index contributed by atoms with van der Waals surface area (Å²) in [4.78, 5) is 9.72. The molecule has 0 bridgehead atoms. The van der Waals surface area contributed by atoms with Gasteiger partial charge in [-0.3, -0.25) is 10.1 Å². The Kier molecular flexibility index (Phi) is 4.09. The van der Waals surface area contributed by atoms with Gasteiger partial charge in [0, 0.05) is 24.2 Å². The highest BCUT2D eigenvalue weighted by Gasteiger charge is 2.18. The predicted octanol–water partition coefficient (Wildman–Crippen LogP) is 3.36. The molecule has 0 aliphatic heterocycles. The van der Waals surface area contributed by atoms with Crippen LogP contribution in [0.15, 0.2) is 36.4 Å². The van der Waals surface area contributed by atoms with Gasteiger partial charge in [0.2, 0.25) is 5.82 Å². The second kappa shape index (κ2) is 5.96. The van der Waals surface area contributed by atoms with Crippen LogP contribution in [0.25, 0.3) is 0 Å². The number of anilines is 1. The van der Waals surface area contributed by atoms with Crippen LogP contribution in [0.5, 0.6) is 0 Å². The highest BCUT2D eigenvalue weighted by atomic mass is 19.1. The Bertz CT molecular complexity index is 741. The zero-order chi connectivity index (χ0) is 15.4. The zero-order valence-electron chi connectivity index (χ0n) is 10.6. The molecule has 0 unspecified atom stereocenters. The Hall–Kier alpha value is -3.01. The molecule has 5 nitrogen and oxygen atoms in total. The largest absolute Gasteiger partial charge is 0.380 e. The Morgan fingerprint density at radius 3 is 2.62 bits per heavy atom. The second-order valence-electron chi connectivity index (χ2n) is 4.16. The van der Waals surface area contributed by atoms with Crippen molar-refractivity contribution in [1.82, 2.24) is 0 Å². The molecule has 7 heteroatoms. The van der Waals surface area contributed by atoms with Crippen molar-refractivity contribution < 1.29 is 13.7 Å². The SMILES string of the molecule is N#Cc1ccccc1NCc1cc([N+](=O)[O-])c(F)cc1F. The minimum Gasteiger partial charge on any atom is -0.380 e. The first-order valence-electron chi connectivity index (χ1n) is 5.88. The first-order chi connectivity index (χ1) is 10.0. The summed E-state index contributed by atoms with van der Waals surface area (Å²) in [6, 6.07) is 9.83. The lowest BCUT2D eigenvalue weighted by Crippen LogP contribution is -2.05. The van der Waals surface area contributed by atoms with Crippen LogP contribution in [-0.2, 0) is 6.54 Å². The molecule has 0 saturated heterocycles. The maximum absolute atomic E-state index is 13.6. The summed E-state index contributed by atoms with van der Waals surface area (Å²) in [5, 5.41) is 22.4. The Morgan fingerprint density at radius 1 is 1.24 bits per heavy atom. The van der Waals surface area contributed by atoms with Gasteiger partial charge in [0.15, 0.2) is 0 Å². The van der Waals surface area contributed by atoms with Crippen molar-refractivity contribution in [2.24, 2.45) is 0 Å². The number of nitrogens with one attached hydrogen (secondary N) is 1. The monoisotopic (exact) mass is 289 g/mol. The molecule has 0 fully saturated rings. The normalized spacial score (nSPS) is 9.95. The minimum atomic E-state index is -1.22. The Balaban J connectivity index is 2.26. The molecule has 0 aliphatic carbocycles. The lowest BCUT2D eigenvalue weighted by molar-refractivity contribution is -0.387. The smallest absolute Gasteiger partial charge is 0.305 e. The highest BCUT2D eigenvalue weighted by Crippen LogP contribution is 2.23. The standard InChI is InChI=1S/C14H9F2N3O2/c15-11-6-12(16)14(19(20)21)5-10(11)8-18-13-4-2-1-3-9(13)7-17/h1-6,18H,8H2. The van der Waals surface area contributed by atoms with Gasteiger partial charge in [-0.1, -0.05) is 12.1 Å². The van der Waals surface area contributed by atoms with Crippen LogP contribution in [0.3, 0.4) is 0 Å². The van der Waals surface area contributed by atoms with Crippen LogP contribution in [0.2, 0.25) is 0 Å². The molecule has 0 atom stereocenters. The third kappa shape index (κ3) is 3.12. The topological polar surface area (TPSA) is 79.0 Å². The summed E-state index contributed by atoms with van der Waals surface area (Å²) in [5.74, 6) is -2.11. The van der Waals surface area contributed by atoms with Crippen LogP contribution in [-0.4, -0.2) is 4.92 Å². The average Bonchev–Trinajstić information content (AvgIpc) is 2.46.